The third kappa shape index (κ3) is 40.5. The number of quaternary nitrogens is 1. The van der Waals surface area contributed by atoms with Gasteiger partial charge in [0.2, 0.25) is 0 Å². The molecule has 0 amide bonds. The molecule has 0 aromatic heterocycles. The van der Waals surface area contributed by atoms with Gasteiger partial charge < -0.3 is 27.9 Å². The van der Waals surface area contributed by atoms with E-state index < -0.39 is 13.9 Å². The van der Waals surface area contributed by atoms with E-state index >= 15 is 0 Å². The summed E-state index contributed by atoms with van der Waals surface area (Å²) in [7, 11) is 1.37. The van der Waals surface area contributed by atoms with Crippen molar-refractivity contribution < 1.29 is 37.3 Å². The zero-order chi connectivity index (χ0) is 37.7. The molecule has 2 unspecified atom stereocenters. The third-order valence-corrected chi connectivity index (χ3v) is 10.6. The summed E-state index contributed by atoms with van der Waals surface area (Å²) in [5.41, 5.74) is 0. The van der Waals surface area contributed by atoms with Crippen LogP contribution in [0.1, 0.15) is 206 Å². The maximum absolute atomic E-state index is 12.3. The monoisotopic (exact) mass is 748 g/mol. The van der Waals surface area contributed by atoms with Gasteiger partial charge in [0.15, 0.2) is 0 Å². The van der Waals surface area contributed by atoms with Crippen LogP contribution in [-0.2, 0) is 27.9 Å². The molecule has 0 radical (unpaired) electrons. The number of carbonyl (C=O) groups is 1. The summed E-state index contributed by atoms with van der Waals surface area (Å²) < 4.78 is 34.1. The van der Waals surface area contributed by atoms with Gasteiger partial charge in [-0.05, 0) is 12.8 Å². The van der Waals surface area contributed by atoms with E-state index in [2.05, 4.69) is 13.8 Å². The van der Waals surface area contributed by atoms with E-state index in [0.29, 0.717) is 24.1 Å². The first-order valence-electron chi connectivity index (χ1n) is 21.8. The third-order valence-electron chi connectivity index (χ3n) is 9.66. The highest BCUT2D eigenvalue weighted by Gasteiger charge is 2.20. The molecule has 9 heteroatoms. The standard InChI is InChI=1S/C42H86NO7P/c1-6-8-10-11-12-13-14-15-16-17-18-19-20-21-22-23-24-25-26-27-28-29-30-31-32-34-37-47-39-41(50-42(44)35-33-9-7-2)40-49-51(45,46)48-38-36-43(3,4)5/h41H,6-40H2,1-5H3. The van der Waals surface area contributed by atoms with E-state index in [1.807, 2.05) is 21.1 Å². The molecule has 2 atom stereocenters. The number of phosphoric ester groups is 1. The number of nitrogens with zero attached hydrogens (tertiary/aromatic N) is 1. The normalized spacial score (nSPS) is 13.8. The van der Waals surface area contributed by atoms with Gasteiger partial charge in [-0.1, -0.05) is 187 Å². The lowest BCUT2D eigenvalue weighted by atomic mass is 10.0. The Labute approximate surface area is 317 Å². The fraction of sp³-hybridized carbons (Fsp3) is 0.976. The fourth-order valence-corrected chi connectivity index (χ4v) is 6.98. The van der Waals surface area contributed by atoms with E-state index in [4.69, 9.17) is 18.5 Å². The van der Waals surface area contributed by atoms with E-state index in [0.717, 1.165) is 32.1 Å². The van der Waals surface area contributed by atoms with Crippen LogP contribution in [0, 0.1) is 0 Å². The molecule has 0 spiro atoms. The van der Waals surface area contributed by atoms with E-state index in [1.165, 1.54) is 154 Å². The average molecular weight is 748 g/mol. The molecule has 0 heterocycles. The molecule has 0 aliphatic rings. The SMILES string of the molecule is CCCCCCCCCCCCCCCCCCCCCCCCCCCCOCC(COP(=O)([O-])OCC[N+](C)(C)C)OC(=O)CCCCC. The van der Waals surface area contributed by atoms with Crippen LogP contribution in [0.5, 0.6) is 0 Å². The van der Waals surface area contributed by atoms with Crippen molar-refractivity contribution in [2.45, 2.75) is 213 Å². The first-order valence-corrected chi connectivity index (χ1v) is 23.2. The summed E-state index contributed by atoms with van der Waals surface area (Å²) in [6.45, 7) is 5.28. The second-order valence-corrected chi connectivity index (χ2v) is 17.5. The first kappa shape index (κ1) is 50.5. The van der Waals surface area contributed by atoms with Crippen molar-refractivity contribution in [3.05, 3.63) is 0 Å². The lowest BCUT2D eigenvalue weighted by Crippen LogP contribution is -2.37. The number of hydrogen-bond acceptors (Lipinski definition) is 7. The predicted molar refractivity (Wildman–Crippen MR) is 213 cm³/mol. The van der Waals surface area contributed by atoms with Gasteiger partial charge in [0.25, 0.3) is 7.82 Å². The maximum Gasteiger partial charge on any atom is 0.306 e. The van der Waals surface area contributed by atoms with Crippen molar-refractivity contribution in [3.63, 3.8) is 0 Å². The molecule has 0 aliphatic heterocycles. The van der Waals surface area contributed by atoms with Gasteiger partial charge in [-0.2, -0.15) is 0 Å². The van der Waals surface area contributed by atoms with Gasteiger partial charge >= 0.3 is 5.97 Å². The second-order valence-electron chi connectivity index (χ2n) is 16.1. The van der Waals surface area contributed by atoms with Gasteiger partial charge in [0.1, 0.15) is 19.3 Å². The Morgan fingerprint density at radius 3 is 1.29 bits per heavy atom. The largest absolute Gasteiger partial charge is 0.756 e. The van der Waals surface area contributed by atoms with Gasteiger partial charge in [0, 0.05) is 13.0 Å². The molecule has 0 saturated carbocycles. The highest BCUT2D eigenvalue weighted by molar-refractivity contribution is 7.45. The molecule has 306 valence electrons. The highest BCUT2D eigenvalue weighted by atomic mass is 31.2. The molecule has 8 nitrogen and oxygen atoms in total. The van der Waals surface area contributed by atoms with Crippen LogP contribution in [0.4, 0.5) is 0 Å². The summed E-state index contributed by atoms with van der Waals surface area (Å²) in [6, 6.07) is 0. The number of esters is 1. The molecule has 0 aliphatic carbocycles. The first-order chi connectivity index (χ1) is 24.6. The Morgan fingerprint density at radius 1 is 0.529 bits per heavy atom. The molecule has 0 saturated heterocycles. The molecule has 0 bridgehead atoms. The lowest BCUT2D eigenvalue weighted by molar-refractivity contribution is -0.870. The molecular weight excluding hydrogens is 661 g/mol. The number of hydrogen-bond donors (Lipinski definition) is 0. The lowest BCUT2D eigenvalue weighted by Gasteiger charge is -2.28. The van der Waals surface area contributed by atoms with Gasteiger partial charge in [-0.3, -0.25) is 9.36 Å². The van der Waals surface area contributed by atoms with Crippen LogP contribution >= 0.6 is 7.82 Å². The topological polar surface area (TPSA) is 94.1 Å². The zero-order valence-electron chi connectivity index (χ0n) is 34.6. The van der Waals surface area contributed by atoms with Crippen LogP contribution in [-0.4, -0.2) is 70.7 Å². The van der Waals surface area contributed by atoms with Crippen LogP contribution in [0.15, 0.2) is 0 Å². The van der Waals surface area contributed by atoms with Gasteiger partial charge in [0.05, 0.1) is 34.4 Å². The minimum absolute atomic E-state index is 0.0296. The number of unbranched alkanes of at least 4 members (excludes halogenated alkanes) is 27. The van der Waals surface area contributed by atoms with Crippen LogP contribution in [0.3, 0.4) is 0 Å². The van der Waals surface area contributed by atoms with E-state index in [9.17, 15) is 14.3 Å². The predicted octanol–water partition coefficient (Wildman–Crippen LogP) is 11.9. The molecule has 0 N–H and O–H groups in total. The molecule has 0 fully saturated rings. The Bertz CT molecular complexity index is 792. The van der Waals surface area contributed by atoms with Crippen molar-refractivity contribution >= 4 is 13.8 Å². The number of rotatable bonds is 41. The van der Waals surface area contributed by atoms with E-state index in [-0.39, 0.29) is 25.8 Å². The number of likely N-dealkylation sites (N-methyl/N-ethyl adjacent to an activating group) is 1. The Hall–Kier alpha value is -0.500. The second kappa shape index (κ2) is 36.5. The van der Waals surface area contributed by atoms with Crippen molar-refractivity contribution in [1.29, 1.82) is 0 Å². The molecular formula is C42H86NO7P. The molecule has 0 aromatic carbocycles. The Balaban J connectivity index is 3.71. The molecule has 0 aromatic rings. The zero-order valence-corrected chi connectivity index (χ0v) is 35.5. The maximum atomic E-state index is 12.3. The quantitative estimate of drug-likeness (QED) is 0.0266. The smallest absolute Gasteiger partial charge is 0.306 e. The van der Waals surface area contributed by atoms with E-state index in [1.54, 1.807) is 0 Å². The molecule has 51 heavy (non-hydrogen) atoms. The average Bonchev–Trinajstić information content (AvgIpc) is 3.07. The van der Waals surface area contributed by atoms with Crippen molar-refractivity contribution in [1.82, 2.24) is 0 Å². The van der Waals surface area contributed by atoms with Crippen LogP contribution < -0.4 is 4.89 Å². The fourth-order valence-electron chi connectivity index (χ4n) is 6.25. The summed E-state index contributed by atoms with van der Waals surface area (Å²) in [4.78, 5) is 24.5. The minimum Gasteiger partial charge on any atom is -0.756 e. The van der Waals surface area contributed by atoms with Crippen molar-refractivity contribution in [3.8, 4) is 0 Å². The highest BCUT2D eigenvalue weighted by Crippen LogP contribution is 2.38. The van der Waals surface area contributed by atoms with Gasteiger partial charge in [-0.15, -0.1) is 0 Å². The summed E-state index contributed by atoms with van der Waals surface area (Å²) in [5, 5.41) is 0. The van der Waals surface area contributed by atoms with Crippen LogP contribution in [0.25, 0.3) is 0 Å². The number of carbonyl (C=O) groups excluding carboxylic acids is 1. The van der Waals surface area contributed by atoms with Crippen molar-refractivity contribution in [2.75, 3.05) is 54.1 Å². The Morgan fingerprint density at radius 2 is 0.902 bits per heavy atom. The molecule has 0 rings (SSSR count). The van der Waals surface area contributed by atoms with Gasteiger partial charge in [-0.25, -0.2) is 0 Å². The summed E-state index contributed by atoms with van der Waals surface area (Å²) >= 11 is 0. The minimum atomic E-state index is -4.49. The number of phosphoric acid groups is 1. The van der Waals surface area contributed by atoms with Crippen LogP contribution in [0.2, 0.25) is 0 Å². The number of ether oxygens (including phenoxy) is 2. The summed E-state index contributed by atoms with van der Waals surface area (Å²) in [5.74, 6) is -0.354. The van der Waals surface area contributed by atoms with Crippen molar-refractivity contribution in [2.24, 2.45) is 0 Å². The Kier molecular flexibility index (Phi) is 36.1. The summed E-state index contributed by atoms with van der Waals surface area (Å²) in [6.07, 6.45) is 37.9.